The third-order valence-electron chi connectivity index (χ3n) is 4.75. The molecular formula is C24H27N3O6. The molecule has 2 aromatic rings. The number of allylic oxidation sites excluding steroid dienone is 1. The molecule has 0 saturated carbocycles. The largest absolute Gasteiger partial charge is 0.491 e. The highest BCUT2D eigenvalue weighted by atomic mass is 16.6. The summed E-state index contributed by atoms with van der Waals surface area (Å²) >= 11 is 0. The summed E-state index contributed by atoms with van der Waals surface area (Å²) in [6.07, 6.45) is 2.76. The number of hydrogen-bond donors (Lipinski definition) is 4. The van der Waals surface area contributed by atoms with Crippen LogP contribution in [0.25, 0.3) is 0 Å². The zero-order chi connectivity index (χ0) is 24.1. The van der Waals surface area contributed by atoms with Gasteiger partial charge < -0.3 is 14.6 Å². The Labute approximate surface area is 192 Å². The van der Waals surface area contributed by atoms with E-state index in [1.165, 1.54) is 11.6 Å². The van der Waals surface area contributed by atoms with E-state index in [1.54, 1.807) is 54.6 Å². The molecule has 0 saturated heterocycles. The van der Waals surface area contributed by atoms with Crippen molar-refractivity contribution in [3.05, 3.63) is 71.8 Å². The minimum atomic E-state index is -0.646. The number of nitriles is 1. The number of nitrogens with one attached hydrogen (secondary N) is 2. The van der Waals surface area contributed by atoms with Gasteiger partial charge in [0, 0.05) is 11.8 Å². The fourth-order valence-electron chi connectivity index (χ4n) is 3.06. The summed E-state index contributed by atoms with van der Waals surface area (Å²) in [7, 11) is 0. The molecule has 174 valence electrons. The van der Waals surface area contributed by atoms with Crippen LogP contribution < -0.4 is 15.5 Å². The Morgan fingerprint density at radius 2 is 1.85 bits per heavy atom. The molecule has 33 heavy (non-hydrogen) atoms. The van der Waals surface area contributed by atoms with E-state index in [2.05, 4.69) is 5.32 Å². The molecule has 0 unspecified atom stereocenters. The standard InChI is InChI=1S/C24H27N3O6/c1-17(4-2-3-5-22(29)27-31)23(19-8-12-21(13-9-19)32-15-14-28)33-24(30)26-20-10-6-18(16-25)7-11-20/h3,5-13,17,23,28,31H,2,4,14-15H2,1H3,(H,26,30)(H,27,29)/b5-3+/t17-,23-/m1/s1. The first kappa shape index (κ1) is 25.4. The number of amides is 2. The number of nitrogens with zero attached hydrogens (tertiary/aromatic N) is 1. The Balaban J connectivity index is 2.11. The van der Waals surface area contributed by atoms with Crippen LogP contribution in [0.4, 0.5) is 10.5 Å². The quantitative estimate of drug-likeness (QED) is 0.231. The second kappa shape index (κ2) is 13.5. The van der Waals surface area contributed by atoms with Crippen molar-refractivity contribution in [1.82, 2.24) is 5.48 Å². The molecule has 0 bridgehead atoms. The van der Waals surface area contributed by atoms with Crippen LogP contribution in [-0.4, -0.2) is 35.5 Å². The topological polar surface area (TPSA) is 141 Å². The number of ether oxygens (including phenoxy) is 2. The third-order valence-corrected chi connectivity index (χ3v) is 4.75. The maximum atomic E-state index is 12.6. The van der Waals surface area contributed by atoms with Crippen molar-refractivity contribution in [2.75, 3.05) is 18.5 Å². The molecule has 0 fully saturated rings. The first-order chi connectivity index (χ1) is 16.0. The van der Waals surface area contributed by atoms with Gasteiger partial charge in [0.25, 0.3) is 5.91 Å². The van der Waals surface area contributed by atoms with Crippen LogP contribution in [0.5, 0.6) is 5.75 Å². The molecule has 0 aliphatic heterocycles. The van der Waals surface area contributed by atoms with Crippen molar-refractivity contribution in [3.8, 4) is 11.8 Å². The van der Waals surface area contributed by atoms with Crippen LogP contribution >= 0.6 is 0 Å². The van der Waals surface area contributed by atoms with Gasteiger partial charge in [0.15, 0.2) is 0 Å². The zero-order valence-electron chi connectivity index (χ0n) is 18.2. The van der Waals surface area contributed by atoms with Crippen LogP contribution in [0.15, 0.2) is 60.7 Å². The molecule has 9 heteroatoms. The van der Waals surface area contributed by atoms with E-state index >= 15 is 0 Å². The van der Waals surface area contributed by atoms with Crippen molar-refractivity contribution in [1.29, 1.82) is 5.26 Å². The molecule has 2 rings (SSSR count). The van der Waals surface area contributed by atoms with Gasteiger partial charge in [-0.05, 0) is 60.7 Å². The molecule has 0 aliphatic rings. The first-order valence-corrected chi connectivity index (χ1v) is 10.4. The fourth-order valence-corrected chi connectivity index (χ4v) is 3.06. The van der Waals surface area contributed by atoms with Gasteiger partial charge in [-0.1, -0.05) is 25.1 Å². The highest BCUT2D eigenvalue weighted by molar-refractivity contribution is 5.86. The summed E-state index contributed by atoms with van der Waals surface area (Å²) in [5.41, 5.74) is 3.26. The van der Waals surface area contributed by atoms with Crippen molar-refractivity contribution in [2.45, 2.75) is 25.9 Å². The molecule has 0 aliphatic carbocycles. The van der Waals surface area contributed by atoms with E-state index in [0.717, 1.165) is 5.56 Å². The van der Waals surface area contributed by atoms with Gasteiger partial charge in [-0.3, -0.25) is 15.3 Å². The number of hydroxylamine groups is 1. The number of hydrogen-bond acceptors (Lipinski definition) is 7. The summed E-state index contributed by atoms with van der Waals surface area (Å²) in [6, 6.07) is 15.5. The van der Waals surface area contributed by atoms with E-state index in [9.17, 15) is 9.59 Å². The number of anilines is 1. The van der Waals surface area contributed by atoms with Crippen molar-refractivity contribution in [3.63, 3.8) is 0 Å². The van der Waals surface area contributed by atoms with Crippen LogP contribution in [0, 0.1) is 17.2 Å². The number of rotatable bonds is 11. The minimum absolute atomic E-state index is 0.0954. The molecule has 0 spiro atoms. The second-order valence-electron chi connectivity index (χ2n) is 7.21. The lowest BCUT2D eigenvalue weighted by molar-refractivity contribution is -0.124. The lowest BCUT2D eigenvalue weighted by atomic mass is 9.93. The highest BCUT2D eigenvalue weighted by Crippen LogP contribution is 2.31. The lowest BCUT2D eigenvalue weighted by Crippen LogP contribution is -2.22. The number of aliphatic hydroxyl groups excluding tert-OH is 1. The number of carbonyl (C=O) groups excluding carboxylic acids is 2. The summed E-state index contributed by atoms with van der Waals surface area (Å²) in [6.45, 7) is 2.01. The Bertz CT molecular complexity index is 967. The molecule has 0 radical (unpaired) electrons. The highest BCUT2D eigenvalue weighted by Gasteiger charge is 2.23. The Morgan fingerprint density at radius 3 is 2.45 bits per heavy atom. The second-order valence-corrected chi connectivity index (χ2v) is 7.21. The number of aliphatic hydroxyl groups is 1. The van der Waals surface area contributed by atoms with Crippen molar-refractivity contribution >= 4 is 17.7 Å². The lowest BCUT2D eigenvalue weighted by Gasteiger charge is -2.25. The van der Waals surface area contributed by atoms with Gasteiger partial charge in [-0.2, -0.15) is 5.26 Å². The fraction of sp³-hybridized carbons (Fsp3) is 0.292. The minimum Gasteiger partial charge on any atom is -0.491 e. The SMILES string of the molecule is C[C@H](CC/C=C/C(=O)NO)[C@@H](OC(=O)Nc1ccc(C#N)cc1)c1ccc(OCCO)cc1. The summed E-state index contributed by atoms with van der Waals surface area (Å²) < 4.78 is 11.1. The van der Waals surface area contributed by atoms with Crippen molar-refractivity contribution in [2.24, 2.45) is 5.92 Å². The summed E-state index contributed by atoms with van der Waals surface area (Å²) in [5, 5.41) is 29.0. The van der Waals surface area contributed by atoms with E-state index in [4.69, 9.17) is 25.0 Å². The molecule has 2 amide bonds. The molecule has 9 nitrogen and oxygen atoms in total. The summed E-state index contributed by atoms with van der Waals surface area (Å²) in [5.74, 6) is -0.141. The molecule has 0 aromatic heterocycles. The predicted molar refractivity (Wildman–Crippen MR) is 120 cm³/mol. The first-order valence-electron chi connectivity index (χ1n) is 10.4. The third kappa shape index (κ3) is 8.65. The van der Waals surface area contributed by atoms with Gasteiger partial charge in [0.2, 0.25) is 0 Å². The van der Waals surface area contributed by atoms with E-state index in [0.29, 0.717) is 29.8 Å². The van der Waals surface area contributed by atoms with Crippen LogP contribution in [-0.2, 0) is 9.53 Å². The van der Waals surface area contributed by atoms with E-state index in [1.807, 2.05) is 13.0 Å². The van der Waals surface area contributed by atoms with E-state index < -0.39 is 18.1 Å². The monoisotopic (exact) mass is 453 g/mol. The Kier molecular flexibility index (Phi) is 10.4. The maximum absolute atomic E-state index is 12.6. The average Bonchev–Trinajstić information content (AvgIpc) is 2.84. The number of benzene rings is 2. The van der Waals surface area contributed by atoms with Gasteiger partial charge >= 0.3 is 6.09 Å². The summed E-state index contributed by atoms with van der Waals surface area (Å²) in [4.78, 5) is 23.7. The van der Waals surface area contributed by atoms with Gasteiger partial charge in [0.1, 0.15) is 18.5 Å². The predicted octanol–water partition coefficient (Wildman–Crippen LogP) is 3.70. The van der Waals surface area contributed by atoms with Gasteiger partial charge in [-0.15, -0.1) is 0 Å². The molecular weight excluding hydrogens is 426 g/mol. The average molecular weight is 453 g/mol. The maximum Gasteiger partial charge on any atom is 0.412 e. The molecule has 2 aromatic carbocycles. The van der Waals surface area contributed by atoms with Crippen molar-refractivity contribution < 1.29 is 29.4 Å². The van der Waals surface area contributed by atoms with E-state index in [-0.39, 0.29) is 19.1 Å². The molecule has 4 N–H and O–H groups in total. The van der Waals surface area contributed by atoms with Crippen LogP contribution in [0.3, 0.4) is 0 Å². The van der Waals surface area contributed by atoms with Crippen LogP contribution in [0.2, 0.25) is 0 Å². The smallest absolute Gasteiger partial charge is 0.412 e. The Hall–Kier alpha value is -3.87. The molecule has 2 atom stereocenters. The Morgan fingerprint density at radius 1 is 1.15 bits per heavy atom. The molecule has 0 heterocycles. The van der Waals surface area contributed by atoms with Gasteiger partial charge in [0.05, 0.1) is 18.2 Å². The number of carbonyl (C=O) groups is 2. The normalized spacial score (nSPS) is 12.4. The van der Waals surface area contributed by atoms with Gasteiger partial charge in [-0.25, -0.2) is 10.3 Å². The van der Waals surface area contributed by atoms with Crippen LogP contribution in [0.1, 0.15) is 37.0 Å². The zero-order valence-corrected chi connectivity index (χ0v) is 18.2.